The van der Waals surface area contributed by atoms with E-state index < -0.39 is 22.5 Å². The number of para-hydroxylation sites is 1. The molecule has 0 saturated heterocycles. The summed E-state index contributed by atoms with van der Waals surface area (Å²) < 4.78 is 32.9. The van der Waals surface area contributed by atoms with Gasteiger partial charge in [-0.1, -0.05) is 42.0 Å². The van der Waals surface area contributed by atoms with E-state index in [-0.39, 0.29) is 10.6 Å². The molecule has 0 spiro atoms. The molecule has 0 N–H and O–H groups in total. The molecule has 0 aliphatic rings. The maximum absolute atomic E-state index is 13.2. The van der Waals surface area contributed by atoms with Gasteiger partial charge < -0.3 is 4.74 Å². The van der Waals surface area contributed by atoms with Crippen molar-refractivity contribution < 1.29 is 17.9 Å². The number of amides is 1. The number of hydrogen-bond donors (Lipinski definition) is 0. The fourth-order valence-electron chi connectivity index (χ4n) is 2.80. The molecule has 0 bridgehead atoms. The first kappa shape index (κ1) is 20.6. The highest BCUT2D eigenvalue weighted by Gasteiger charge is 2.31. The topological polar surface area (TPSA) is 63.7 Å². The van der Waals surface area contributed by atoms with E-state index in [1.807, 2.05) is 32.9 Å². The fraction of sp³-hybridized carbons (Fsp3) is 0.174. The predicted octanol–water partition coefficient (Wildman–Crippen LogP) is 4.41. The van der Waals surface area contributed by atoms with Gasteiger partial charge in [0, 0.05) is 0 Å². The van der Waals surface area contributed by atoms with Crippen molar-refractivity contribution in [3.63, 3.8) is 0 Å². The lowest BCUT2D eigenvalue weighted by Gasteiger charge is -2.23. The number of hydrogen-bond acceptors (Lipinski definition) is 4. The second-order valence-corrected chi connectivity index (χ2v) is 8.63. The van der Waals surface area contributed by atoms with Gasteiger partial charge in [-0.25, -0.2) is 8.42 Å². The monoisotopic (exact) mass is 409 g/mol. The van der Waals surface area contributed by atoms with Crippen LogP contribution in [0.5, 0.6) is 5.75 Å². The summed E-state index contributed by atoms with van der Waals surface area (Å²) in [6.07, 6.45) is 0. The smallest absolute Gasteiger partial charge is 0.278 e. The van der Waals surface area contributed by atoms with Crippen molar-refractivity contribution in [2.45, 2.75) is 25.7 Å². The van der Waals surface area contributed by atoms with E-state index in [0.29, 0.717) is 5.75 Å². The summed E-state index contributed by atoms with van der Waals surface area (Å²) in [5.41, 5.74) is 3.33. The van der Waals surface area contributed by atoms with Gasteiger partial charge in [0.15, 0.2) is 6.61 Å². The summed E-state index contributed by atoms with van der Waals surface area (Å²) in [5, 5.41) is 0. The van der Waals surface area contributed by atoms with E-state index in [1.54, 1.807) is 48.5 Å². The van der Waals surface area contributed by atoms with Crippen LogP contribution < -0.4 is 9.04 Å². The Hall–Kier alpha value is -3.12. The molecular formula is C23H23NO4S. The van der Waals surface area contributed by atoms with Crippen molar-refractivity contribution in [3.05, 3.63) is 89.5 Å². The molecular weight excluding hydrogens is 386 g/mol. The van der Waals surface area contributed by atoms with Crippen molar-refractivity contribution in [3.8, 4) is 5.75 Å². The van der Waals surface area contributed by atoms with Gasteiger partial charge in [0.2, 0.25) is 0 Å². The van der Waals surface area contributed by atoms with Crippen LogP contribution in [-0.4, -0.2) is 20.9 Å². The van der Waals surface area contributed by atoms with E-state index >= 15 is 0 Å². The Labute approximate surface area is 171 Å². The zero-order chi connectivity index (χ0) is 21.0. The number of ether oxygens (including phenoxy) is 1. The van der Waals surface area contributed by atoms with Crippen LogP contribution in [0.15, 0.2) is 77.7 Å². The summed E-state index contributed by atoms with van der Waals surface area (Å²) >= 11 is 0. The van der Waals surface area contributed by atoms with Crippen molar-refractivity contribution in [1.82, 2.24) is 0 Å². The summed E-state index contributed by atoms with van der Waals surface area (Å²) in [6, 6.07) is 20.2. The molecule has 5 nitrogen and oxygen atoms in total. The molecule has 0 heterocycles. The maximum Gasteiger partial charge on any atom is 0.278 e. The molecule has 29 heavy (non-hydrogen) atoms. The van der Waals surface area contributed by atoms with Gasteiger partial charge in [-0.05, 0) is 68.3 Å². The lowest BCUT2D eigenvalue weighted by Crippen LogP contribution is -2.40. The van der Waals surface area contributed by atoms with E-state index in [4.69, 9.17) is 4.74 Å². The molecule has 6 heteroatoms. The van der Waals surface area contributed by atoms with Crippen LogP contribution in [0.2, 0.25) is 0 Å². The zero-order valence-corrected chi connectivity index (χ0v) is 17.4. The number of carbonyl (C=O) groups excluding carboxylic acids is 1. The maximum atomic E-state index is 13.2. The van der Waals surface area contributed by atoms with E-state index in [2.05, 4.69) is 0 Å². The molecule has 0 fully saturated rings. The molecule has 0 aromatic heterocycles. The van der Waals surface area contributed by atoms with Crippen LogP contribution in [0.25, 0.3) is 0 Å². The third-order valence-electron chi connectivity index (χ3n) is 4.62. The van der Waals surface area contributed by atoms with Crippen molar-refractivity contribution in [1.29, 1.82) is 0 Å². The Morgan fingerprint density at radius 2 is 1.52 bits per heavy atom. The lowest BCUT2D eigenvalue weighted by atomic mass is 10.1. The van der Waals surface area contributed by atoms with E-state index in [1.165, 1.54) is 12.1 Å². The molecule has 0 aliphatic heterocycles. The summed E-state index contributed by atoms with van der Waals surface area (Å²) in [7, 11) is -4.09. The second kappa shape index (κ2) is 8.49. The van der Waals surface area contributed by atoms with Crippen molar-refractivity contribution in [2.75, 3.05) is 10.9 Å². The number of sulfonamides is 1. The molecule has 0 aliphatic carbocycles. The third kappa shape index (κ3) is 4.66. The number of anilines is 1. The predicted molar refractivity (Wildman–Crippen MR) is 114 cm³/mol. The number of carbonyl (C=O) groups is 1. The average Bonchev–Trinajstić information content (AvgIpc) is 2.70. The summed E-state index contributed by atoms with van der Waals surface area (Å²) in [4.78, 5) is 13.0. The van der Waals surface area contributed by atoms with Crippen LogP contribution in [-0.2, 0) is 14.8 Å². The average molecular weight is 410 g/mol. The summed E-state index contributed by atoms with van der Waals surface area (Å²) in [6.45, 7) is 5.40. The van der Waals surface area contributed by atoms with Gasteiger partial charge >= 0.3 is 0 Å². The Kier molecular flexibility index (Phi) is 6.03. The van der Waals surface area contributed by atoms with Gasteiger partial charge in [-0.15, -0.1) is 0 Å². The molecule has 3 rings (SSSR count). The number of nitrogens with zero attached hydrogens (tertiary/aromatic N) is 1. The van der Waals surface area contributed by atoms with Gasteiger partial charge in [-0.3, -0.25) is 4.79 Å². The van der Waals surface area contributed by atoms with Gasteiger partial charge in [0.25, 0.3) is 15.9 Å². The fourth-order valence-corrected chi connectivity index (χ4v) is 4.21. The minimum absolute atomic E-state index is 0.0477. The first-order chi connectivity index (χ1) is 13.8. The molecule has 150 valence electrons. The van der Waals surface area contributed by atoms with Crippen LogP contribution in [0, 0.1) is 20.8 Å². The number of benzene rings is 3. The Morgan fingerprint density at radius 3 is 2.14 bits per heavy atom. The standard InChI is InChI=1S/C23H23NO4S/c1-17-9-13-22(14-10-17)29(26,27)24(20-7-5-4-6-8-20)23(25)16-28-21-12-11-18(2)19(3)15-21/h4-15H,16H2,1-3H3. The second-order valence-electron chi connectivity index (χ2n) is 6.85. The molecule has 3 aromatic rings. The first-order valence-corrected chi connectivity index (χ1v) is 10.6. The minimum Gasteiger partial charge on any atom is -0.484 e. The highest BCUT2D eigenvalue weighted by molar-refractivity contribution is 7.93. The Balaban J connectivity index is 1.92. The highest BCUT2D eigenvalue weighted by Crippen LogP contribution is 2.25. The molecule has 1 amide bonds. The van der Waals surface area contributed by atoms with Gasteiger partial charge in [0.1, 0.15) is 5.75 Å². The largest absolute Gasteiger partial charge is 0.484 e. The molecule has 0 atom stereocenters. The normalized spacial score (nSPS) is 11.1. The van der Waals surface area contributed by atoms with Crippen LogP contribution in [0.3, 0.4) is 0 Å². The SMILES string of the molecule is Cc1ccc(S(=O)(=O)N(C(=O)COc2ccc(C)c(C)c2)c2ccccc2)cc1. The van der Waals surface area contributed by atoms with Crippen molar-refractivity contribution >= 4 is 21.6 Å². The minimum atomic E-state index is -4.09. The van der Waals surface area contributed by atoms with Crippen LogP contribution in [0.1, 0.15) is 16.7 Å². The highest BCUT2D eigenvalue weighted by atomic mass is 32.2. The Bertz CT molecular complexity index is 1110. The molecule has 0 saturated carbocycles. The van der Waals surface area contributed by atoms with E-state index in [0.717, 1.165) is 21.0 Å². The third-order valence-corrected chi connectivity index (χ3v) is 6.38. The first-order valence-electron chi connectivity index (χ1n) is 9.19. The Morgan fingerprint density at radius 1 is 0.862 bits per heavy atom. The lowest BCUT2D eigenvalue weighted by molar-refractivity contribution is -0.119. The van der Waals surface area contributed by atoms with Crippen molar-refractivity contribution in [2.24, 2.45) is 0 Å². The van der Waals surface area contributed by atoms with Crippen LogP contribution >= 0.6 is 0 Å². The summed E-state index contributed by atoms with van der Waals surface area (Å²) in [5.74, 6) is -0.155. The quantitative estimate of drug-likeness (QED) is 0.605. The molecule has 0 radical (unpaired) electrons. The zero-order valence-electron chi connectivity index (χ0n) is 16.6. The number of rotatable bonds is 6. The van der Waals surface area contributed by atoms with Gasteiger partial charge in [0.05, 0.1) is 10.6 Å². The van der Waals surface area contributed by atoms with Crippen LogP contribution in [0.4, 0.5) is 5.69 Å². The van der Waals surface area contributed by atoms with E-state index in [9.17, 15) is 13.2 Å². The van der Waals surface area contributed by atoms with Gasteiger partial charge in [-0.2, -0.15) is 4.31 Å². The molecule has 3 aromatic carbocycles. The molecule has 0 unspecified atom stereocenters. The number of aryl methyl sites for hydroxylation is 3.